The van der Waals surface area contributed by atoms with Crippen LogP contribution < -0.4 is 5.73 Å². The van der Waals surface area contributed by atoms with Crippen LogP contribution in [0.3, 0.4) is 0 Å². The molecule has 0 amide bonds. The van der Waals surface area contributed by atoms with Crippen LogP contribution in [0.25, 0.3) is 0 Å². The maximum absolute atomic E-state index is 5.71. The summed E-state index contributed by atoms with van der Waals surface area (Å²) in [6.07, 6.45) is 4.11. The molecule has 2 aliphatic rings. The minimum Gasteiger partial charge on any atom is -0.392 e. The predicted octanol–water partition coefficient (Wildman–Crippen LogP) is 0.831. The third kappa shape index (κ3) is 2.49. The number of fused-ring (bicyclic) bond motifs is 1. The predicted molar refractivity (Wildman–Crippen MR) is 67.0 cm³/mol. The summed E-state index contributed by atoms with van der Waals surface area (Å²) in [6, 6.07) is 1.02. The lowest BCUT2D eigenvalue weighted by Gasteiger charge is -2.45. The quantitative estimate of drug-likeness (QED) is 0.708. The summed E-state index contributed by atoms with van der Waals surface area (Å²) in [5, 5.41) is 0. The van der Waals surface area contributed by atoms with Gasteiger partial charge in [-0.2, -0.15) is 0 Å². The van der Waals surface area contributed by atoms with Gasteiger partial charge in [0.1, 0.15) is 0 Å². The van der Waals surface area contributed by atoms with Crippen molar-refractivity contribution < 1.29 is 0 Å². The number of thiocarbonyl (C=S) groups is 1. The van der Waals surface area contributed by atoms with Crippen molar-refractivity contribution in [3.63, 3.8) is 0 Å². The lowest BCUT2D eigenvalue weighted by molar-refractivity contribution is 0.0433. The molecule has 0 aliphatic carbocycles. The monoisotopic (exact) mass is 227 g/mol. The number of hydrogen-bond donors (Lipinski definition) is 1. The Morgan fingerprint density at radius 1 is 1.33 bits per heavy atom. The van der Waals surface area contributed by atoms with Gasteiger partial charge in [-0.25, -0.2) is 0 Å². The Bertz CT molecular complexity index is 244. The van der Waals surface area contributed by atoms with Crippen LogP contribution in [0.15, 0.2) is 0 Å². The molecule has 2 atom stereocenters. The van der Waals surface area contributed by atoms with E-state index in [1.54, 1.807) is 0 Å². The van der Waals surface area contributed by atoms with Crippen LogP contribution in [0.4, 0.5) is 0 Å². The molecule has 0 aromatic carbocycles. The van der Waals surface area contributed by atoms with Crippen molar-refractivity contribution in [3.05, 3.63) is 0 Å². The van der Waals surface area contributed by atoms with Crippen LogP contribution in [-0.2, 0) is 0 Å². The van der Waals surface area contributed by atoms with Crippen molar-refractivity contribution >= 4 is 17.2 Å². The van der Waals surface area contributed by atoms with Gasteiger partial charge in [0.25, 0.3) is 0 Å². The molecule has 0 aromatic rings. The van der Waals surface area contributed by atoms with E-state index in [1.165, 1.54) is 32.4 Å². The van der Waals surface area contributed by atoms with Crippen molar-refractivity contribution in [2.45, 2.75) is 38.3 Å². The smallest absolute Gasteiger partial charge is 0.0899 e. The highest BCUT2D eigenvalue weighted by Crippen LogP contribution is 2.22. The molecule has 2 rings (SSSR count). The molecule has 15 heavy (non-hydrogen) atoms. The van der Waals surface area contributed by atoms with Crippen LogP contribution in [0.2, 0.25) is 0 Å². The fourth-order valence-electron chi connectivity index (χ4n) is 2.71. The van der Waals surface area contributed by atoms with E-state index >= 15 is 0 Å². The van der Waals surface area contributed by atoms with Gasteiger partial charge in [-0.3, -0.25) is 9.80 Å². The standard InChI is InChI=1S/C11H21N3S/c1-9(11(12)15)14-7-6-13-5-3-2-4-10(13)8-14/h9-10H,2-8H2,1H3,(H2,12,15). The molecule has 0 aromatic heterocycles. The minimum absolute atomic E-state index is 0.268. The summed E-state index contributed by atoms with van der Waals surface area (Å²) in [4.78, 5) is 5.71. The number of piperidine rings is 1. The molecule has 4 heteroatoms. The van der Waals surface area contributed by atoms with Gasteiger partial charge in [-0.05, 0) is 26.3 Å². The average molecular weight is 227 g/mol. The van der Waals surface area contributed by atoms with Gasteiger partial charge in [-0.1, -0.05) is 18.6 Å². The SMILES string of the molecule is CC(C(N)=S)N1CCN2CCCCC2C1. The number of nitrogens with two attached hydrogens (primary N) is 1. The molecule has 0 saturated carbocycles. The zero-order valence-corrected chi connectivity index (χ0v) is 10.3. The zero-order valence-electron chi connectivity index (χ0n) is 9.48. The summed E-state index contributed by atoms with van der Waals surface area (Å²) < 4.78 is 0. The molecule has 86 valence electrons. The largest absolute Gasteiger partial charge is 0.392 e. The Morgan fingerprint density at radius 3 is 2.87 bits per heavy atom. The van der Waals surface area contributed by atoms with Crippen LogP contribution in [0.1, 0.15) is 26.2 Å². The van der Waals surface area contributed by atoms with Crippen molar-refractivity contribution in [2.24, 2.45) is 5.73 Å². The average Bonchev–Trinajstić information content (AvgIpc) is 2.27. The van der Waals surface area contributed by atoms with E-state index in [-0.39, 0.29) is 6.04 Å². The molecule has 2 fully saturated rings. The summed E-state index contributed by atoms with van der Waals surface area (Å²) in [6.45, 7) is 6.88. The second kappa shape index (κ2) is 4.76. The number of nitrogens with zero attached hydrogens (tertiary/aromatic N) is 2. The van der Waals surface area contributed by atoms with E-state index in [4.69, 9.17) is 18.0 Å². The van der Waals surface area contributed by atoms with Gasteiger partial charge < -0.3 is 5.73 Å². The van der Waals surface area contributed by atoms with Gasteiger partial charge in [0.05, 0.1) is 11.0 Å². The normalized spacial score (nSPS) is 30.9. The summed E-state index contributed by atoms with van der Waals surface area (Å²) in [5.41, 5.74) is 5.71. The minimum atomic E-state index is 0.268. The van der Waals surface area contributed by atoms with Crippen LogP contribution in [-0.4, -0.2) is 53.1 Å². The first kappa shape index (κ1) is 11.3. The van der Waals surface area contributed by atoms with Crippen molar-refractivity contribution in [1.29, 1.82) is 0 Å². The van der Waals surface area contributed by atoms with E-state index in [0.717, 1.165) is 19.1 Å². The summed E-state index contributed by atoms with van der Waals surface area (Å²) in [5.74, 6) is 0. The van der Waals surface area contributed by atoms with Crippen molar-refractivity contribution in [1.82, 2.24) is 9.80 Å². The topological polar surface area (TPSA) is 32.5 Å². The molecule has 2 saturated heterocycles. The van der Waals surface area contributed by atoms with Crippen LogP contribution >= 0.6 is 12.2 Å². The Morgan fingerprint density at radius 2 is 2.13 bits per heavy atom. The number of piperazine rings is 1. The zero-order chi connectivity index (χ0) is 10.8. The molecule has 2 N–H and O–H groups in total. The molecule has 0 spiro atoms. The number of hydrogen-bond acceptors (Lipinski definition) is 3. The van der Waals surface area contributed by atoms with E-state index < -0.39 is 0 Å². The molecular weight excluding hydrogens is 206 g/mol. The first-order valence-corrected chi connectivity index (χ1v) is 6.36. The van der Waals surface area contributed by atoms with Gasteiger partial charge in [-0.15, -0.1) is 0 Å². The van der Waals surface area contributed by atoms with Crippen LogP contribution in [0.5, 0.6) is 0 Å². The highest BCUT2D eigenvalue weighted by Gasteiger charge is 2.31. The highest BCUT2D eigenvalue weighted by atomic mass is 32.1. The Hall–Kier alpha value is -0.190. The molecule has 2 heterocycles. The Kier molecular flexibility index (Phi) is 3.59. The maximum atomic E-state index is 5.71. The van der Waals surface area contributed by atoms with Gasteiger partial charge in [0, 0.05) is 25.7 Å². The third-order valence-electron chi connectivity index (χ3n) is 3.83. The summed E-state index contributed by atoms with van der Waals surface area (Å²) in [7, 11) is 0. The fourth-order valence-corrected chi connectivity index (χ4v) is 2.86. The molecular formula is C11H21N3S. The molecule has 2 unspecified atom stereocenters. The van der Waals surface area contributed by atoms with E-state index in [1.807, 2.05) is 0 Å². The Balaban J connectivity index is 1.93. The second-order valence-corrected chi connectivity index (χ2v) is 5.23. The lowest BCUT2D eigenvalue weighted by atomic mass is 9.99. The second-order valence-electron chi connectivity index (χ2n) is 4.76. The fraction of sp³-hybridized carbons (Fsp3) is 0.909. The molecule has 0 bridgehead atoms. The van der Waals surface area contributed by atoms with Gasteiger partial charge in [0.2, 0.25) is 0 Å². The summed E-state index contributed by atoms with van der Waals surface area (Å²) >= 11 is 5.07. The van der Waals surface area contributed by atoms with Crippen LogP contribution in [0, 0.1) is 0 Å². The van der Waals surface area contributed by atoms with Crippen molar-refractivity contribution in [3.8, 4) is 0 Å². The Labute approximate surface area is 97.6 Å². The first-order chi connectivity index (χ1) is 7.18. The third-order valence-corrected chi connectivity index (χ3v) is 4.17. The maximum Gasteiger partial charge on any atom is 0.0899 e. The molecule has 2 aliphatic heterocycles. The van der Waals surface area contributed by atoms with E-state index in [0.29, 0.717) is 4.99 Å². The van der Waals surface area contributed by atoms with Crippen molar-refractivity contribution in [2.75, 3.05) is 26.2 Å². The molecule has 0 radical (unpaired) electrons. The van der Waals surface area contributed by atoms with E-state index in [2.05, 4.69) is 16.7 Å². The number of rotatable bonds is 2. The highest BCUT2D eigenvalue weighted by molar-refractivity contribution is 7.80. The van der Waals surface area contributed by atoms with E-state index in [9.17, 15) is 0 Å². The lowest BCUT2D eigenvalue weighted by Crippen LogP contribution is -2.58. The van der Waals surface area contributed by atoms with Gasteiger partial charge >= 0.3 is 0 Å². The van der Waals surface area contributed by atoms with Gasteiger partial charge in [0.15, 0.2) is 0 Å². The molecule has 3 nitrogen and oxygen atoms in total. The first-order valence-electron chi connectivity index (χ1n) is 5.96.